The van der Waals surface area contributed by atoms with Crippen molar-refractivity contribution in [3.63, 3.8) is 0 Å². The standard InChI is InChI=1S/C13H24N2O/c1-10(7-8-14)13(16)15-9-3-5-11-4-2-6-12(11)15/h10-12H,2-9,14H2,1H3. The van der Waals surface area contributed by atoms with E-state index in [0.29, 0.717) is 18.5 Å². The van der Waals surface area contributed by atoms with Crippen LogP contribution in [-0.4, -0.2) is 29.9 Å². The second-order valence-electron chi connectivity index (χ2n) is 5.41. The van der Waals surface area contributed by atoms with Crippen molar-refractivity contribution in [2.24, 2.45) is 17.6 Å². The zero-order valence-corrected chi connectivity index (χ0v) is 10.3. The van der Waals surface area contributed by atoms with Crippen molar-refractivity contribution in [1.82, 2.24) is 4.90 Å². The Kier molecular flexibility index (Phi) is 3.85. The number of piperidine rings is 1. The molecule has 1 amide bonds. The lowest BCUT2D eigenvalue weighted by molar-refractivity contribution is -0.139. The predicted octanol–water partition coefficient (Wildman–Crippen LogP) is 1.76. The summed E-state index contributed by atoms with van der Waals surface area (Å²) in [5.41, 5.74) is 5.53. The van der Waals surface area contributed by atoms with Gasteiger partial charge in [0.05, 0.1) is 0 Å². The van der Waals surface area contributed by atoms with E-state index in [2.05, 4.69) is 4.90 Å². The van der Waals surface area contributed by atoms with E-state index in [1.807, 2.05) is 6.92 Å². The van der Waals surface area contributed by atoms with Crippen LogP contribution in [0.5, 0.6) is 0 Å². The molecule has 3 heteroatoms. The van der Waals surface area contributed by atoms with Crippen LogP contribution in [0.15, 0.2) is 0 Å². The first kappa shape index (κ1) is 11.9. The van der Waals surface area contributed by atoms with Crippen molar-refractivity contribution in [3.05, 3.63) is 0 Å². The zero-order valence-electron chi connectivity index (χ0n) is 10.3. The third-order valence-corrected chi connectivity index (χ3v) is 4.30. The van der Waals surface area contributed by atoms with Crippen LogP contribution in [0.1, 0.15) is 45.4 Å². The molecule has 1 saturated carbocycles. The van der Waals surface area contributed by atoms with Gasteiger partial charge < -0.3 is 10.6 Å². The van der Waals surface area contributed by atoms with E-state index in [0.717, 1.165) is 18.9 Å². The van der Waals surface area contributed by atoms with Gasteiger partial charge in [-0.3, -0.25) is 4.79 Å². The van der Waals surface area contributed by atoms with Gasteiger partial charge in [-0.1, -0.05) is 13.3 Å². The average molecular weight is 224 g/mol. The molecular weight excluding hydrogens is 200 g/mol. The zero-order chi connectivity index (χ0) is 11.5. The average Bonchev–Trinajstić information content (AvgIpc) is 2.76. The second kappa shape index (κ2) is 5.17. The lowest BCUT2D eigenvalue weighted by Gasteiger charge is -2.39. The van der Waals surface area contributed by atoms with E-state index in [9.17, 15) is 4.79 Å². The molecule has 1 heterocycles. The Balaban J connectivity index is 1.99. The molecule has 0 aromatic heterocycles. The van der Waals surface area contributed by atoms with Gasteiger partial charge in [0.25, 0.3) is 0 Å². The largest absolute Gasteiger partial charge is 0.339 e. The topological polar surface area (TPSA) is 46.3 Å². The third-order valence-electron chi connectivity index (χ3n) is 4.30. The number of fused-ring (bicyclic) bond motifs is 1. The van der Waals surface area contributed by atoms with Gasteiger partial charge in [0.15, 0.2) is 0 Å². The molecule has 1 saturated heterocycles. The number of nitrogens with zero attached hydrogens (tertiary/aromatic N) is 1. The maximum atomic E-state index is 12.3. The molecule has 2 aliphatic rings. The van der Waals surface area contributed by atoms with Crippen molar-refractivity contribution < 1.29 is 4.79 Å². The molecule has 16 heavy (non-hydrogen) atoms. The van der Waals surface area contributed by atoms with Gasteiger partial charge in [-0.25, -0.2) is 0 Å². The van der Waals surface area contributed by atoms with E-state index in [4.69, 9.17) is 5.73 Å². The summed E-state index contributed by atoms with van der Waals surface area (Å²) in [7, 11) is 0. The van der Waals surface area contributed by atoms with Crippen molar-refractivity contribution in [1.29, 1.82) is 0 Å². The normalized spacial score (nSPS) is 31.2. The van der Waals surface area contributed by atoms with Gasteiger partial charge in [-0.2, -0.15) is 0 Å². The summed E-state index contributed by atoms with van der Waals surface area (Å²) >= 11 is 0. The van der Waals surface area contributed by atoms with Crippen LogP contribution < -0.4 is 5.73 Å². The third kappa shape index (κ3) is 2.24. The molecule has 0 radical (unpaired) electrons. The number of hydrogen-bond donors (Lipinski definition) is 1. The Morgan fingerprint density at radius 1 is 1.38 bits per heavy atom. The first-order chi connectivity index (χ1) is 7.74. The molecule has 0 aromatic carbocycles. The summed E-state index contributed by atoms with van der Waals surface area (Å²) in [6, 6.07) is 0.557. The van der Waals surface area contributed by atoms with Crippen LogP contribution in [0, 0.1) is 11.8 Å². The summed E-state index contributed by atoms with van der Waals surface area (Å²) in [6.45, 7) is 3.62. The molecule has 3 unspecified atom stereocenters. The molecule has 3 atom stereocenters. The van der Waals surface area contributed by atoms with E-state index in [-0.39, 0.29) is 5.92 Å². The van der Waals surface area contributed by atoms with Gasteiger partial charge in [0, 0.05) is 18.5 Å². The van der Waals surface area contributed by atoms with E-state index in [1.165, 1.54) is 32.1 Å². The fourth-order valence-electron chi connectivity index (χ4n) is 3.38. The van der Waals surface area contributed by atoms with Crippen LogP contribution in [0.25, 0.3) is 0 Å². The van der Waals surface area contributed by atoms with Crippen LogP contribution in [-0.2, 0) is 4.79 Å². The summed E-state index contributed by atoms with van der Waals surface area (Å²) < 4.78 is 0. The summed E-state index contributed by atoms with van der Waals surface area (Å²) in [6.07, 6.45) is 7.23. The molecule has 0 bridgehead atoms. The van der Waals surface area contributed by atoms with E-state index in [1.54, 1.807) is 0 Å². The fourth-order valence-corrected chi connectivity index (χ4v) is 3.38. The predicted molar refractivity (Wildman–Crippen MR) is 64.9 cm³/mol. The molecule has 0 aromatic rings. The monoisotopic (exact) mass is 224 g/mol. The Morgan fingerprint density at radius 2 is 2.12 bits per heavy atom. The minimum absolute atomic E-state index is 0.115. The molecule has 0 spiro atoms. The molecule has 2 N–H and O–H groups in total. The second-order valence-corrected chi connectivity index (χ2v) is 5.41. The lowest BCUT2D eigenvalue weighted by Crippen LogP contribution is -2.48. The highest BCUT2D eigenvalue weighted by atomic mass is 16.2. The number of rotatable bonds is 3. The van der Waals surface area contributed by atoms with Crippen molar-refractivity contribution in [2.45, 2.75) is 51.5 Å². The van der Waals surface area contributed by atoms with E-state index < -0.39 is 0 Å². The van der Waals surface area contributed by atoms with Gasteiger partial charge in [-0.05, 0) is 44.6 Å². The Bertz CT molecular complexity index is 254. The minimum atomic E-state index is 0.115. The van der Waals surface area contributed by atoms with Crippen LogP contribution in [0.2, 0.25) is 0 Å². The first-order valence-electron chi connectivity index (χ1n) is 6.74. The van der Waals surface area contributed by atoms with E-state index >= 15 is 0 Å². The highest BCUT2D eigenvalue weighted by Crippen LogP contribution is 2.37. The number of likely N-dealkylation sites (tertiary alicyclic amines) is 1. The van der Waals surface area contributed by atoms with Crippen LogP contribution in [0.3, 0.4) is 0 Å². The molecule has 2 rings (SSSR count). The molecule has 2 fully saturated rings. The molecule has 1 aliphatic heterocycles. The smallest absolute Gasteiger partial charge is 0.225 e. The number of carbonyl (C=O) groups is 1. The Labute approximate surface area is 98.4 Å². The quantitative estimate of drug-likeness (QED) is 0.794. The number of hydrogen-bond acceptors (Lipinski definition) is 2. The molecule has 3 nitrogen and oxygen atoms in total. The van der Waals surface area contributed by atoms with Gasteiger partial charge in [-0.15, -0.1) is 0 Å². The van der Waals surface area contributed by atoms with Gasteiger partial charge in [0.2, 0.25) is 5.91 Å². The fraction of sp³-hybridized carbons (Fsp3) is 0.923. The summed E-state index contributed by atoms with van der Waals surface area (Å²) in [5, 5.41) is 0. The Hall–Kier alpha value is -0.570. The summed E-state index contributed by atoms with van der Waals surface area (Å²) in [5.74, 6) is 1.26. The van der Waals surface area contributed by atoms with Gasteiger partial charge >= 0.3 is 0 Å². The van der Waals surface area contributed by atoms with Crippen molar-refractivity contribution in [2.75, 3.05) is 13.1 Å². The van der Waals surface area contributed by atoms with Crippen molar-refractivity contribution >= 4 is 5.91 Å². The highest BCUT2D eigenvalue weighted by molar-refractivity contribution is 5.79. The maximum absolute atomic E-state index is 12.3. The SMILES string of the molecule is CC(CCN)C(=O)N1CCCC2CCCC21. The highest BCUT2D eigenvalue weighted by Gasteiger charge is 2.38. The van der Waals surface area contributed by atoms with Crippen LogP contribution >= 0.6 is 0 Å². The van der Waals surface area contributed by atoms with Gasteiger partial charge in [0.1, 0.15) is 0 Å². The molecular formula is C13H24N2O. The number of carbonyl (C=O) groups excluding carboxylic acids is 1. The number of amides is 1. The molecule has 92 valence electrons. The van der Waals surface area contributed by atoms with Crippen molar-refractivity contribution in [3.8, 4) is 0 Å². The Morgan fingerprint density at radius 3 is 2.88 bits per heavy atom. The minimum Gasteiger partial charge on any atom is -0.339 e. The summed E-state index contributed by atoms with van der Waals surface area (Å²) in [4.78, 5) is 14.5. The lowest BCUT2D eigenvalue weighted by atomic mass is 9.90. The molecule has 1 aliphatic carbocycles. The van der Waals surface area contributed by atoms with Crippen LogP contribution in [0.4, 0.5) is 0 Å². The number of nitrogens with two attached hydrogens (primary N) is 1. The maximum Gasteiger partial charge on any atom is 0.225 e. The first-order valence-corrected chi connectivity index (χ1v) is 6.74.